The molecular formula is C15H11BrClFN2O3. The molecule has 0 unspecified atom stereocenters. The summed E-state index contributed by atoms with van der Waals surface area (Å²) in [5.41, 5.74) is 4.88. The lowest BCUT2D eigenvalue weighted by Gasteiger charge is -2.09. The fourth-order valence-corrected chi connectivity index (χ4v) is 2.36. The molecule has 3 N–H and O–H groups in total. The van der Waals surface area contributed by atoms with E-state index in [4.69, 9.17) is 11.6 Å². The highest BCUT2D eigenvalue weighted by Gasteiger charge is 2.13. The van der Waals surface area contributed by atoms with E-state index in [1.807, 2.05) is 0 Å². The van der Waals surface area contributed by atoms with Crippen LogP contribution in [-0.2, 0) is 11.2 Å². The minimum atomic E-state index is -0.710. The maximum atomic E-state index is 13.1. The molecule has 0 aliphatic rings. The highest BCUT2D eigenvalue weighted by Crippen LogP contribution is 2.21. The van der Waals surface area contributed by atoms with E-state index in [9.17, 15) is 19.1 Å². The maximum absolute atomic E-state index is 13.1. The molecule has 0 heterocycles. The van der Waals surface area contributed by atoms with Crippen molar-refractivity contribution in [3.8, 4) is 5.75 Å². The van der Waals surface area contributed by atoms with Gasteiger partial charge in [-0.25, -0.2) is 4.39 Å². The van der Waals surface area contributed by atoms with Crippen LogP contribution in [0, 0.1) is 5.82 Å². The number of carbonyl (C=O) groups is 2. The zero-order chi connectivity index (χ0) is 17.0. The lowest BCUT2D eigenvalue weighted by molar-refractivity contribution is -0.121. The first-order valence-electron chi connectivity index (χ1n) is 6.38. The number of amides is 2. The molecule has 0 saturated heterocycles. The number of hydrogen-bond acceptors (Lipinski definition) is 3. The van der Waals surface area contributed by atoms with E-state index in [0.29, 0.717) is 5.56 Å². The van der Waals surface area contributed by atoms with Crippen LogP contribution < -0.4 is 10.9 Å². The molecule has 5 nitrogen and oxygen atoms in total. The van der Waals surface area contributed by atoms with Gasteiger partial charge in [-0.05, 0) is 51.8 Å². The fourth-order valence-electron chi connectivity index (χ4n) is 1.76. The highest BCUT2D eigenvalue weighted by molar-refractivity contribution is 9.10. The predicted octanol–water partition coefficient (Wildman–Crippen LogP) is 2.95. The summed E-state index contributed by atoms with van der Waals surface area (Å²) in [6.45, 7) is 0. The average Bonchev–Trinajstić information content (AvgIpc) is 2.51. The Hall–Kier alpha value is -2.12. The molecule has 0 radical (unpaired) electrons. The number of hydrazine groups is 1. The number of benzene rings is 2. The number of phenols is 1. The van der Waals surface area contributed by atoms with Crippen LogP contribution in [0.5, 0.6) is 5.75 Å². The third kappa shape index (κ3) is 4.67. The van der Waals surface area contributed by atoms with Crippen LogP contribution in [0.1, 0.15) is 15.9 Å². The molecule has 0 aromatic heterocycles. The molecule has 0 aliphatic carbocycles. The molecule has 2 rings (SSSR count). The Morgan fingerprint density at radius 1 is 1.17 bits per heavy atom. The van der Waals surface area contributed by atoms with Crippen molar-refractivity contribution in [1.82, 2.24) is 10.9 Å². The molecular weight excluding hydrogens is 391 g/mol. The molecule has 0 atom stereocenters. The molecule has 0 fully saturated rings. The third-order valence-electron chi connectivity index (χ3n) is 2.87. The monoisotopic (exact) mass is 400 g/mol. The van der Waals surface area contributed by atoms with Crippen LogP contribution in [0.4, 0.5) is 4.39 Å². The van der Waals surface area contributed by atoms with E-state index in [-0.39, 0.29) is 27.2 Å². The maximum Gasteiger partial charge on any atom is 0.273 e. The number of carbonyl (C=O) groups excluding carboxylic acids is 2. The van der Waals surface area contributed by atoms with Crippen LogP contribution in [0.25, 0.3) is 0 Å². The van der Waals surface area contributed by atoms with Gasteiger partial charge < -0.3 is 5.11 Å². The van der Waals surface area contributed by atoms with Gasteiger partial charge in [-0.1, -0.05) is 17.7 Å². The molecule has 2 aromatic carbocycles. The largest absolute Gasteiger partial charge is 0.507 e. The Labute approximate surface area is 144 Å². The number of halogens is 3. The minimum absolute atomic E-state index is 0.0549. The van der Waals surface area contributed by atoms with Gasteiger partial charge in [-0.15, -0.1) is 0 Å². The first kappa shape index (κ1) is 17.2. The molecule has 0 spiro atoms. The van der Waals surface area contributed by atoms with Crippen molar-refractivity contribution in [3.05, 3.63) is 62.8 Å². The van der Waals surface area contributed by atoms with Crippen molar-refractivity contribution in [2.45, 2.75) is 6.42 Å². The van der Waals surface area contributed by atoms with Gasteiger partial charge in [0.1, 0.15) is 11.6 Å². The van der Waals surface area contributed by atoms with Crippen molar-refractivity contribution >= 4 is 39.3 Å². The summed E-state index contributed by atoms with van der Waals surface area (Å²) in [5.74, 6) is -1.90. The van der Waals surface area contributed by atoms with Gasteiger partial charge in [0.05, 0.1) is 16.5 Å². The molecule has 2 amide bonds. The third-order valence-corrected chi connectivity index (χ3v) is 3.71. The van der Waals surface area contributed by atoms with E-state index in [1.54, 1.807) is 0 Å². The predicted molar refractivity (Wildman–Crippen MR) is 86.5 cm³/mol. The summed E-state index contributed by atoms with van der Waals surface area (Å²) in [5, 5.41) is 9.86. The first-order valence-corrected chi connectivity index (χ1v) is 7.55. The normalized spacial score (nSPS) is 10.2. The Morgan fingerprint density at radius 3 is 2.61 bits per heavy atom. The highest BCUT2D eigenvalue weighted by atomic mass is 79.9. The van der Waals surface area contributed by atoms with Gasteiger partial charge in [0, 0.05) is 5.02 Å². The molecule has 0 aliphatic heterocycles. The molecule has 23 heavy (non-hydrogen) atoms. The topological polar surface area (TPSA) is 78.4 Å². The van der Waals surface area contributed by atoms with Crippen molar-refractivity contribution in [2.75, 3.05) is 0 Å². The number of rotatable bonds is 3. The van der Waals surface area contributed by atoms with Crippen LogP contribution in [0.2, 0.25) is 5.02 Å². The summed E-state index contributed by atoms with van der Waals surface area (Å²) in [4.78, 5) is 23.6. The van der Waals surface area contributed by atoms with Crippen molar-refractivity contribution in [1.29, 1.82) is 0 Å². The van der Waals surface area contributed by atoms with E-state index in [1.165, 1.54) is 36.4 Å². The van der Waals surface area contributed by atoms with Crippen LogP contribution in [-0.4, -0.2) is 16.9 Å². The van der Waals surface area contributed by atoms with E-state index in [0.717, 1.165) is 0 Å². The Morgan fingerprint density at radius 2 is 1.91 bits per heavy atom. The lowest BCUT2D eigenvalue weighted by atomic mass is 10.1. The number of aromatic hydroxyl groups is 1. The SMILES string of the molecule is O=C(Cc1ccc(F)c(Br)c1)NNC(=O)c1cc(Cl)ccc1O. The summed E-state index contributed by atoms with van der Waals surface area (Å²) in [7, 11) is 0. The van der Waals surface area contributed by atoms with E-state index in [2.05, 4.69) is 26.8 Å². The molecule has 2 aromatic rings. The van der Waals surface area contributed by atoms with Gasteiger partial charge in [0.2, 0.25) is 5.91 Å². The van der Waals surface area contributed by atoms with Crippen LogP contribution in [0.15, 0.2) is 40.9 Å². The lowest BCUT2D eigenvalue weighted by Crippen LogP contribution is -2.42. The Balaban J connectivity index is 1.94. The second-order valence-corrected chi connectivity index (χ2v) is 5.88. The average molecular weight is 402 g/mol. The number of nitrogens with one attached hydrogen (secondary N) is 2. The van der Waals surface area contributed by atoms with Gasteiger partial charge in [-0.2, -0.15) is 0 Å². The molecule has 8 heteroatoms. The minimum Gasteiger partial charge on any atom is -0.507 e. The van der Waals surface area contributed by atoms with Crippen LogP contribution in [0.3, 0.4) is 0 Å². The summed E-state index contributed by atoms with van der Waals surface area (Å²) in [6.07, 6.45) is -0.0549. The van der Waals surface area contributed by atoms with Gasteiger partial charge in [0.15, 0.2) is 0 Å². The van der Waals surface area contributed by atoms with Crippen molar-refractivity contribution in [2.24, 2.45) is 0 Å². The van der Waals surface area contributed by atoms with Gasteiger partial charge in [0.25, 0.3) is 5.91 Å². The summed E-state index contributed by atoms with van der Waals surface area (Å²) in [6, 6.07) is 8.14. The smallest absolute Gasteiger partial charge is 0.273 e. The number of hydrogen-bond donors (Lipinski definition) is 3. The molecule has 0 bridgehead atoms. The van der Waals surface area contributed by atoms with Crippen LogP contribution >= 0.6 is 27.5 Å². The summed E-state index contributed by atoms with van der Waals surface area (Å²) >= 11 is 8.77. The second-order valence-electron chi connectivity index (χ2n) is 4.59. The van der Waals surface area contributed by atoms with Gasteiger partial charge >= 0.3 is 0 Å². The van der Waals surface area contributed by atoms with E-state index >= 15 is 0 Å². The van der Waals surface area contributed by atoms with Crippen molar-refractivity contribution in [3.63, 3.8) is 0 Å². The van der Waals surface area contributed by atoms with Gasteiger partial charge in [-0.3, -0.25) is 20.4 Å². The summed E-state index contributed by atoms with van der Waals surface area (Å²) < 4.78 is 13.4. The Kier molecular flexibility index (Phi) is 5.57. The zero-order valence-corrected chi connectivity index (χ0v) is 13.9. The standard InChI is InChI=1S/C15H11BrClFN2O3/c16-11-5-8(1-3-12(11)18)6-14(22)19-20-15(23)10-7-9(17)2-4-13(10)21/h1-5,7,21H,6H2,(H,19,22)(H,20,23). The van der Waals surface area contributed by atoms with Crippen molar-refractivity contribution < 1.29 is 19.1 Å². The van der Waals surface area contributed by atoms with E-state index < -0.39 is 17.6 Å². The molecule has 120 valence electrons. The Bertz CT molecular complexity index is 770. The fraction of sp³-hybridized carbons (Fsp3) is 0.0667. The zero-order valence-electron chi connectivity index (χ0n) is 11.6. The second kappa shape index (κ2) is 7.43. The number of phenolic OH excluding ortho intramolecular Hbond substituents is 1. The first-order chi connectivity index (χ1) is 10.9. The molecule has 0 saturated carbocycles. The quantitative estimate of drug-likeness (QED) is 0.692.